The van der Waals surface area contributed by atoms with E-state index >= 15 is 0 Å². The Kier molecular flexibility index (Phi) is 6.14. The number of likely N-dealkylation sites (tertiary alicyclic amines) is 1. The minimum absolute atomic E-state index is 0.0330. The molecule has 1 saturated carbocycles. The number of rotatable bonds is 7. The summed E-state index contributed by atoms with van der Waals surface area (Å²) in [5, 5.41) is 11.9. The van der Waals surface area contributed by atoms with E-state index < -0.39 is 11.4 Å². The molecule has 2 N–H and O–H groups in total. The molecule has 1 aliphatic heterocycles. The lowest BCUT2D eigenvalue weighted by Gasteiger charge is -2.37. The van der Waals surface area contributed by atoms with E-state index in [1.165, 1.54) is 5.56 Å². The summed E-state index contributed by atoms with van der Waals surface area (Å²) in [5.41, 5.74) is 0.418. The van der Waals surface area contributed by atoms with E-state index in [1.807, 2.05) is 6.07 Å². The molecular formula is C21H28N2O4. The fraction of sp³-hybridized carbons (Fsp3) is 0.571. The van der Waals surface area contributed by atoms with Crippen LogP contribution in [0.2, 0.25) is 0 Å². The summed E-state index contributed by atoms with van der Waals surface area (Å²) < 4.78 is 0. The molecule has 1 aliphatic carbocycles. The molecule has 6 nitrogen and oxygen atoms in total. The van der Waals surface area contributed by atoms with Gasteiger partial charge < -0.3 is 15.3 Å². The Morgan fingerprint density at radius 1 is 1.11 bits per heavy atom. The topological polar surface area (TPSA) is 86.7 Å². The Bertz CT molecular complexity index is 677. The third-order valence-corrected chi connectivity index (χ3v) is 6.03. The van der Waals surface area contributed by atoms with E-state index in [4.69, 9.17) is 0 Å². The van der Waals surface area contributed by atoms with E-state index in [9.17, 15) is 19.5 Å². The second-order valence-electron chi connectivity index (χ2n) is 7.91. The number of carboxylic acids is 1. The minimum atomic E-state index is -0.914. The van der Waals surface area contributed by atoms with Gasteiger partial charge in [-0.05, 0) is 43.6 Å². The van der Waals surface area contributed by atoms with Gasteiger partial charge in [0.25, 0.3) is 0 Å². The molecule has 0 radical (unpaired) electrons. The van der Waals surface area contributed by atoms with Crippen molar-refractivity contribution in [3.05, 3.63) is 35.9 Å². The number of carbonyl (C=O) groups is 3. The maximum Gasteiger partial charge on any atom is 0.310 e. The van der Waals surface area contributed by atoms with Crippen molar-refractivity contribution in [3.8, 4) is 0 Å². The largest absolute Gasteiger partial charge is 0.481 e. The molecule has 2 amide bonds. The molecule has 1 saturated heterocycles. The van der Waals surface area contributed by atoms with Gasteiger partial charge in [-0.25, -0.2) is 0 Å². The maximum absolute atomic E-state index is 12.3. The summed E-state index contributed by atoms with van der Waals surface area (Å²) >= 11 is 0. The molecule has 1 aromatic carbocycles. The van der Waals surface area contributed by atoms with Gasteiger partial charge in [-0.15, -0.1) is 0 Å². The molecule has 146 valence electrons. The van der Waals surface area contributed by atoms with E-state index in [0.29, 0.717) is 31.8 Å². The summed E-state index contributed by atoms with van der Waals surface area (Å²) in [4.78, 5) is 37.5. The summed E-state index contributed by atoms with van der Waals surface area (Å²) in [6, 6.07) is 10.4. The Morgan fingerprint density at radius 3 is 2.33 bits per heavy atom. The molecule has 3 rings (SSSR count). The molecule has 0 atom stereocenters. The van der Waals surface area contributed by atoms with Crippen LogP contribution in [0.15, 0.2) is 30.3 Å². The number of amides is 2. The highest BCUT2D eigenvalue weighted by Crippen LogP contribution is 2.44. The molecule has 6 heteroatoms. The fourth-order valence-electron chi connectivity index (χ4n) is 4.06. The molecule has 0 spiro atoms. The number of piperidine rings is 1. The molecule has 0 aromatic heterocycles. The number of nitrogens with one attached hydrogen (secondary N) is 1. The van der Waals surface area contributed by atoms with Crippen molar-refractivity contribution in [2.45, 2.75) is 44.9 Å². The van der Waals surface area contributed by atoms with Gasteiger partial charge in [0.1, 0.15) is 0 Å². The first-order chi connectivity index (χ1) is 13.0. The van der Waals surface area contributed by atoms with Gasteiger partial charge in [0, 0.05) is 19.5 Å². The lowest BCUT2D eigenvalue weighted by atomic mass is 9.66. The van der Waals surface area contributed by atoms with Crippen molar-refractivity contribution in [1.82, 2.24) is 10.2 Å². The molecule has 2 aliphatic rings. The third-order valence-electron chi connectivity index (χ3n) is 6.03. The van der Waals surface area contributed by atoms with Crippen molar-refractivity contribution in [3.63, 3.8) is 0 Å². The number of carboxylic acid groups (broad SMARTS) is 1. The van der Waals surface area contributed by atoms with Crippen LogP contribution < -0.4 is 5.32 Å². The average Bonchev–Trinajstić information content (AvgIpc) is 2.64. The second kappa shape index (κ2) is 8.55. The number of benzene rings is 1. The van der Waals surface area contributed by atoms with Gasteiger partial charge in [0.15, 0.2) is 0 Å². The number of hydrogen-bond acceptors (Lipinski definition) is 3. The molecule has 2 fully saturated rings. The normalized spacial score (nSPS) is 19.2. The van der Waals surface area contributed by atoms with Crippen molar-refractivity contribution in [2.24, 2.45) is 11.3 Å². The van der Waals surface area contributed by atoms with E-state index in [-0.39, 0.29) is 24.8 Å². The first-order valence-corrected chi connectivity index (χ1v) is 9.80. The Balaban J connectivity index is 1.38. The van der Waals surface area contributed by atoms with Gasteiger partial charge >= 0.3 is 5.97 Å². The van der Waals surface area contributed by atoms with Crippen LogP contribution in [-0.4, -0.2) is 47.4 Å². The maximum atomic E-state index is 12.3. The van der Waals surface area contributed by atoms with E-state index in [1.54, 1.807) is 4.90 Å². The molecule has 1 aromatic rings. The van der Waals surface area contributed by atoms with Crippen LogP contribution >= 0.6 is 0 Å². The monoisotopic (exact) mass is 372 g/mol. The van der Waals surface area contributed by atoms with Crippen LogP contribution in [0.25, 0.3) is 0 Å². The standard InChI is InChI=1S/C21H28N2O4/c24-18(14-21(20(26)27)9-4-10-21)22-15-19(25)23-11-7-17(8-12-23)13-16-5-2-1-3-6-16/h1-3,5-6,17H,4,7-15H2,(H,22,24)(H,26,27). The number of hydrogen-bond donors (Lipinski definition) is 2. The van der Waals surface area contributed by atoms with E-state index in [0.717, 1.165) is 25.7 Å². The molecule has 0 bridgehead atoms. The number of aliphatic carboxylic acids is 1. The summed E-state index contributed by atoms with van der Waals surface area (Å²) in [5.74, 6) is -0.750. The first kappa shape index (κ1) is 19.4. The van der Waals surface area contributed by atoms with Crippen LogP contribution in [0.5, 0.6) is 0 Å². The first-order valence-electron chi connectivity index (χ1n) is 9.80. The zero-order valence-corrected chi connectivity index (χ0v) is 15.7. The number of carbonyl (C=O) groups excluding carboxylic acids is 2. The minimum Gasteiger partial charge on any atom is -0.481 e. The quantitative estimate of drug-likeness (QED) is 0.768. The SMILES string of the molecule is O=C(CC1(C(=O)O)CCC1)NCC(=O)N1CCC(Cc2ccccc2)CC1. The van der Waals surface area contributed by atoms with Gasteiger partial charge in [0.05, 0.1) is 12.0 Å². The highest BCUT2D eigenvalue weighted by molar-refractivity contribution is 5.88. The zero-order chi connectivity index (χ0) is 19.3. The molecular weight excluding hydrogens is 344 g/mol. The van der Waals surface area contributed by atoms with Gasteiger partial charge in [0.2, 0.25) is 11.8 Å². The van der Waals surface area contributed by atoms with Gasteiger partial charge in [-0.3, -0.25) is 14.4 Å². The van der Waals surface area contributed by atoms with Gasteiger partial charge in [-0.2, -0.15) is 0 Å². The summed E-state index contributed by atoms with van der Waals surface area (Å²) in [6.45, 7) is 1.38. The van der Waals surface area contributed by atoms with Crippen LogP contribution in [0, 0.1) is 11.3 Å². The van der Waals surface area contributed by atoms with Crippen LogP contribution in [0.4, 0.5) is 0 Å². The summed E-state index contributed by atoms with van der Waals surface area (Å²) in [7, 11) is 0. The van der Waals surface area contributed by atoms with E-state index in [2.05, 4.69) is 29.6 Å². The summed E-state index contributed by atoms with van der Waals surface area (Å²) in [6.07, 6.45) is 4.87. The fourth-order valence-corrected chi connectivity index (χ4v) is 4.06. The highest BCUT2D eigenvalue weighted by atomic mass is 16.4. The Hall–Kier alpha value is -2.37. The predicted molar refractivity (Wildman–Crippen MR) is 101 cm³/mol. The Morgan fingerprint density at radius 2 is 1.78 bits per heavy atom. The Labute approximate surface area is 159 Å². The smallest absolute Gasteiger partial charge is 0.310 e. The van der Waals surface area contributed by atoms with Crippen LogP contribution in [0.1, 0.15) is 44.1 Å². The average molecular weight is 372 g/mol. The molecule has 27 heavy (non-hydrogen) atoms. The highest BCUT2D eigenvalue weighted by Gasteiger charge is 2.45. The van der Waals surface area contributed by atoms with Crippen molar-refractivity contribution < 1.29 is 19.5 Å². The van der Waals surface area contributed by atoms with Crippen molar-refractivity contribution in [2.75, 3.05) is 19.6 Å². The van der Waals surface area contributed by atoms with Crippen molar-refractivity contribution in [1.29, 1.82) is 0 Å². The van der Waals surface area contributed by atoms with Gasteiger partial charge in [-0.1, -0.05) is 36.8 Å². The molecule has 1 heterocycles. The van der Waals surface area contributed by atoms with Crippen molar-refractivity contribution >= 4 is 17.8 Å². The zero-order valence-electron chi connectivity index (χ0n) is 15.7. The second-order valence-corrected chi connectivity index (χ2v) is 7.91. The van der Waals surface area contributed by atoms with Crippen LogP contribution in [-0.2, 0) is 20.8 Å². The van der Waals surface area contributed by atoms with Crippen LogP contribution in [0.3, 0.4) is 0 Å². The predicted octanol–water partition coefficient (Wildman–Crippen LogP) is 2.23. The lowest BCUT2D eigenvalue weighted by Crippen LogP contribution is -2.46. The third kappa shape index (κ3) is 4.87. The number of nitrogens with zero attached hydrogens (tertiary/aromatic N) is 1. The molecule has 0 unspecified atom stereocenters. The lowest BCUT2D eigenvalue weighted by molar-refractivity contribution is -0.157.